The molecule has 0 atom stereocenters. The molecule has 0 spiro atoms. The van der Waals surface area contributed by atoms with Crippen molar-refractivity contribution >= 4 is 34.9 Å². The van der Waals surface area contributed by atoms with Crippen molar-refractivity contribution in [3.05, 3.63) is 65.1 Å². The van der Waals surface area contributed by atoms with E-state index in [2.05, 4.69) is 6.92 Å². The van der Waals surface area contributed by atoms with E-state index in [0.29, 0.717) is 42.9 Å². The Labute approximate surface area is 203 Å². The zero-order valence-electron chi connectivity index (χ0n) is 19.1. The average molecular weight is 481 g/mol. The second-order valence-electron chi connectivity index (χ2n) is 8.41. The predicted molar refractivity (Wildman–Crippen MR) is 132 cm³/mol. The van der Waals surface area contributed by atoms with Crippen LogP contribution >= 0.6 is 11.8 Å². The lowest BCUT2D eigenvalue weighted by Crippen LogP contribution is -2.45. The molecule has 0 unspecified atom stereocenters. The largest absolute Gasteiger partial charge is 0.490 e. The topological polar surface area (TPSA) is 76.2 Å². The molecule has 0 aliphatic carbocycles. The summed E-state index contributed by atoms with van der Waals surface area (Å²) in [5.41, 5.74) is 0.739. The number of hydrogen-bond donors (Lipinski definition) is 0. The molecule has 2 saturated heterocycles. The molecule has 4 rings (SSSR count). The standard InChI is InChI=1S/C26H28N2O5S/c1-19-10-12-27(13-11-19)24(29)18-28-25(30)23(34-26(28)31)17-20-6-5-9-22(16-20)33-15-14-32-21-7-3-2-4-8-21/h2-9,16-17,19H,10-15,18H2,1H3/b23-17+. The number of rotatable bonds is 8. The van der Waals surface area contributed by atoms with Gasteiger partial charge in [-0.25, -0.2) is 0 Å². The Morgan fingerprint density at radius 3 is 2.41 bits per heavy atom. The van der Waals surface area contributed by atoms with Crippen LogP contribution in [0.2, 0.25) is 0 Å². The Kier molecular flexibility index (Phi) is 7.90. The molecule has 2 aromatic rings. The number of likely N-dealkylation sites (tertiary alicyclic amines) is 1. The average Bonchev–Trinajstić information content (AvgIpc) is 3.10. The molecule has 0 bridgehead atoms. The van der Waals surface area contributed by atoms with E-state index in [-0.39, 0.29) is 12.5 Å². The number of hydrogen-bond acceptors (Lipinski definition) is 6. The first kappa shape index (κ1) is 23.9. The number of ether oxygens (including phenoxy) is 2. The Morgan fingerprint density at radius 2 is 1.68 bits per heavy atom. The van der Waals surface area contributed by atoms with E-state index in [4.69, 9.17) is 9.47 Å². The number of nitrogens with zero attached hydrogens (tertiary/aromatic N) is 2. The molecule has 0 saturated carbocycles. The summed E-state index contributed by atoms with van der Waals surface area (Å²) < 4.78 is 11.4. The van der Waals surface area contributed by atoms with Gasteiger partial charge >= 0.3 is 0 Å². The Morgan fingerprint density at radius 1 is 1.00 bits per heavy atom. The molecule has 0 radical (unpaired) electrons. The number of thioether (sulfide) groups is 1. The maximum Gasteiger partial charge on any atom is 0.294 e. The summed E-state index contributed by atoms with van der Waals surface area (Å²) in [6.07, 6.45) is 3.56. The molecule has 2 aromatic carbocycles. The third kappa shape index (κ3) is 6.20. The van der Waals surface area contributed by atoms with E-state index in [0.717, 1.165) is 40.8 Å². The highest BCUT2D eigenvalue weighted by Crippen LogP contribution is 2.32. The molecule has 178 valence electrons. The molecule has 34 heavy (non-hydrogen) atoms. The van der Waals surface area contributed by atoms with Crippen LogP contribution in [0, 0.1) is 5.92 Å². The van der Waals surface area contributed by atoms with Gasteiger partial charge in [-0.2, -0.15) is 0 Å². The highest BCUT2D eigenvalue weighted by Gasteiger charge is 2.37. The van der Waals surface area contributed by atoms with Crippen molar-refractivity contribution < 1.29 is 23.9 Å². The van der Waals surface area contributed by atoms with Gasteiger partial charge in [-0.15, -0.1) is 0 Å². The van der Waals surface area contributed by atoms with E-state index in [9.17, 15) is 14.4 Å². The fourth-order valence-electron chi connectivity index (χ4n) is 3.81. The van der Waals surface area contributed by atoms with Crippen LogP contribution in [0.15, 0.2) is 59.5 Å². The normalized spacial score (nSPS) is 18.0. The molecule has 7 nitrogen and oxygen atoms in total. The Balaban J connectivity index is 1.32. The Bertz CT molecular complexity index is 1060. The number of imide groups is 1. The summed E-state index contributed by atoms with van der Waals surface area (Å²) in [6.45, 7) is 4.08. The minimum atomic E-state index is -0.434. The fraction of sp³-hybridized carbons (Fsp3) is 0.346. The second-order valence-corrected chi connectivity index (χ2v) is 9.41. The number of carbonyl (C=O) groups is 3. The number of piperidine rings is 1. The van der Waals surface area contributed by atoms with Crippen LogP contribution in [-0.2, 0) is 9.59 Å². The number of amides is 3. The third-order valence-electron chi connectivity index (χ3n) is 5.82. The molecular formula is C26H28N2O5S. The zero-order chi connectivity index (χ0) is 23.9. The van der Waals surface area contributed by atoms with Gasteiger partial charge in [0.2, 0.25) is 5.91 Å². The van der Waals surface area contributed by atoms with Gasteiger partial charge in [-0.1, -0.05) is 37.3 Å². The van der Waals surface area contributed by atoms with Crippen LogP contribution in [0.1, 0.15) is 25.3 Å². The van der Waals surface area contributed by atoms with Gasteiger partial charge < -0.3 is 14.4 Å². The first-order valence-electron chi connectivity index (χ1n) is 11.4. The van der Waals surface area contributed by atoms with Crippen molar-refractivity contribution in [1.82, 2.24) is 9.80 Å². The maximum absolute atomic E-state index is 12.8. The van der Waals surface area contributed by atoms with Gasteiger partial charge in [0.15, 0.2) is 0 Å². The maximum atomic E-state index is 12.8. The predicted octanol–water partition coefficient (Wildman–Crippen LogP) is 4.44. The fourth-order valence-corrected chi connectivity index (χ4v) is 4.65. The first-order valence-corrected chi connectivity index (χ1v) is 12.2. The third-order valence-corrected chi connectivity index (χ3v) is 6.73. The van der Waals surface area contributed by atoms with Gasteiger partial charge in [-0.3, -0.25) is 19.3 Å². The summed E-state index contributed by atoms with van der Waals surface area (Å²) in [5.74, 6) is 1.41. The number of carbonyl (C=O) groups excluding carboxylic acids is 3. The highest BCUT2D eigenvalue weighted by atomic mass is 32.2. The van der Waals surface area contributed by atoms with Gasteiger partial charge in [0, 0.05) is 13.1 Å². The first-order chi connectivity index (χ1) is 16.5. The summed E-state index contributed by atoms with van der Waals surface area (Å²) in [7, 11) is 0. The Hall–Kier alpha value is -3.26. The molecule has 3 amide bonds. The molecule has 2 aliphatic heterocycles. The lowest BCUT2D eigenvalue weighted by atomic mass is 9.99. The molecule has 2 heterocycles. The number of para-hydroxylation sites is 1. The summed E-state index contributed by atoms with van der Waals surface area (Å²) in [6, 6.07) is 16.8. The minimum absolute atomic E-state index is 0.177. The van der Waals surface area contributed by atoms with Crippen molar-refractivity contribution in [2.75, 3.05) is 32.8 Å². The second kappa shape index (κ2) is 11.2. The van der Waals surface area contributed by atoms with E-state index < -0.39 is 11.1 Å². The lowest BCUT2D eigenvalue weighted by Gasteiger charge is -2.31. The lowest BCUT2D eigenvalue weighted by molar-refractivity contribution is -0.136. The van der Waals surface area contributed by atoms with Gasteiger partial charge in [-0.05, 0) is 66.4 Å². The zero-order valence-corrected chi connectivity index (χ0v) is 20.0. The van der Waals surface area contributed by atoms with Crippen LogP contribution < -0.4 is 9.47 Å². The van der Waals surface area contributed by atoms with Crippen molar-refractivity contribution in [1.29, 1.82) is 0 Å². The van der Waals surface area contributed by atoms with Crippen LogP contribution in [0.3, 0.4) is 0 Å². The molecule has 8 heteroatoms. The molecule has 2 aliphatic rings. The van der Waals surface area contributed by atoms with Crippen LogP contribution in [-0.4, -0.2) is 59.7 Å². The van der Waals surface area contributed by atoms with Crippen molar-refractivity contribution in [2.24, 2.45) is 5.92 Å². The van der Waals surface area contributed by atoms with E-state index in [1.165, 1.54) is 0 Å². The highest BCUT2D eigenvalue weighted by molar-refractivity contribution is 8.18. The quantitative estimate of drug-likeness (QED) is 0.411. The van der Waals surface area contributed by atoms with Crippen LogP contribution in [0.5, 0.6) is 11.5 Å². The molecular weight excluding hydrogens is 452 g/mol. The summed E-state index contributed by atoms with van der Waals surface area (Å²) >= 11 is 0.858. The molecule has 0 N–H and O–H groups in total. The smallest absolute Gasteiger partial charge is 0.294 e. The van der Waals surface area contributed by atoms with E-state index >= 15 is 0 Å². The van der Waals surface area contributed by atoms with Gasteiger partial charge in [0.05, 0.1) is 4.91 Å². The molecule has 0 aromatic heterocycles. The van der Waals surface area contributed by atoms with E-state index in [1.54, 1.807) is 17.0 Å². The SMILES string of the molecule is CC1CCN(C(=O)CN2C(=O)S/C(=C/c3cccc(OCCOc4ccccc4)c3)C2=O)CC1. The summed E-state index contributed by atoms with van der Waals surface area (Å²) in [5, 5.41) is -0.416. The van der Waals surface area contributed by atoms with Crippen molar-refractivity contribution in [3.63, 3.8) is 0 Å². The monoisotopic (exact) mass is 480 g/mol. The van der Waals surface area contributed by atoms with Crippen molar-refractivity contribution in [2.45, 2.75) is 19.8 Å². The minimum Gasteiger partial charge on any atom is -0.490 e. The molecule has 2 fully saturated rings. The van der Waals surface area contributed by atoms with Crippen LogP contribution in [0.4, 0.5) is 4.79 Å². The van der Waals surface area contributed by atoms with Gasteiger partial charge in [0.1, 0.15) is 31.3 Å². The van der Waals surface area contributed by atoms with Crippen molar-refractivity contribution in [3.8, 4) is 11.5 Å². The summed E-state index contributed by atoms with van der Waals surface area (Å²) in [4.78, 5) is 40.9. The number of benzene rings is 2. The van der Waals surface area contributed by atoms with Crippen LogP contribution in [0.25, 0.3) is 6.08 Å². The van der Waals surface area contributed by atoms with E-state index in [1.807, 2.05) is 48.5 Å². The van der Waals surface area contributed by atoms with Gasteiger partial charge in [0.25, 0.3) is 11.1 Å².